The van der Waals surface area contributed by atoms with Crippen molar-refractivity contribution in [3.05, 3.63) is 80.7 Å². The smallest absolute Gasteiger partial charge is 0.335 e. The Morgan fingerprint density at radius 2 is 1.96 bits per heavy atom. The molecule has 0 fully saturated rings. The van der Waals surface area contributed by atoms with Gasteiger partial charge in [0, 0.05) is 5.56 Å². The van der Waals surface area contributed by atoms with Crippen molar-refractivity contribution in [2.75, 3.05) is 0 Å². The van der Waals surface area contributed by atoms with Gasteiger partial charge < -0.3 is 9.52 Å². The van der Waals surface area contributed by atoms with Gasteiger partial charge in [-0.2, -0.15) is 0 Å². The quantitative estimate of drug-likeness (QED) is 0.732. The van der Waals surface area contributed by atoms with E-state index in [2.05, 4.69) is 25.1 Å². The van der Waals surface area contributed by atoms with Gasteiger partial charge in [0.15, 0.2) is 5.43 Å². The first-order valence-corrected chi connectivity index (χ1v) is 8.64. The van der Waals surface area contributed by atoms with Crippen LogP contribution >= 0.6 is 0 Å². The minimum absolute atomic E-state index is 0.0937. The van der Waals surface area contributed by atoms with Crippen LogP contribution in [0.15, 0.2) is 51.7 Å². The number of hydrogen-bond donors (Lipinski definition) is 1. The maximum atomic E-state index is 12.9. The van der Waals surface area contributed by atoms with E-state index in [0.717, 1.165) is 24.0 Å². The molecule has 1 aliphatic carbocycles. The highest BCUT2D eigenvalue weighted by Crippen LogP contribution is 2.33. The first-order chi connectivity index (χ1) is 12.5. The molecule has 4 heteroatoms. The minimum Gasteiger partial charge on any atom is -0.478 e. The number of hydrogen-bond acceptors (Lipinski definition) is 3. The summed E-state index contributed by atoms with van der Waals surface area (Å²) in [5.74, 6) is -0.413. The molecule has 3 aromatic rings. The monoisotopic (exact) mass is 346 g/mol. The molecule has 0 saturated carbocycles. The molecule has 1 aromatic heterocycles. The predicted molar refractivity (Wildman–Crippen MR) is 101 cm³/mol. The summed E-state index contributed by atoms with van der Waals surface area (Å²) in [6.07, 6.45) is 4.46. The molecule has 0 aliphatic heterocycles. The Kier molecular flexibility index (Phi) is 3.96. The van der Waals surface area contributed by atoms with E-state index < -0.39 is 5.97 Å². The van der Waals surface area contributed by atoms with Crippen LogP contribution in [0.5, 0.6) is 0 Å². The lowest BCUT2D eigenvalue weighted by molar-refractivity contribution is 0.0697. The molecule has 1 heterocycles. The summed E-state index contributed by atoms with van der Waals surface area (Å²) >= 11 is 0. The van der Waals surface area contributed by atoms with E-state index in [1.54, 1.807) is 6.07 Å². The van der Waals surface area contributed by atoms with Crippen molar-refractivity contribution in [2.24, 2.45) is 0 Å². The summed E-state index contributed by atoms with van der Waals surface area (Å²) in [5.41, 5.74) is 4.33. The van der Waals surface area contributed by atoms with E-state index in [0.29, 0.717) is 28.7 Å². The van der Waals surface area contributed by atoms with Gasteiger partial charge in [0.1, 0.15) is 11.3 Å². The van der Waals surface area contributed by atoms with E-state index in [1.807, 2.05) is 12.1 Å². The van der Waals surface area contributed by atoms with Gasteiger partial charge in [-0.15, -0.1) is 0 Å². The molecular weight excluding hydrogens is 328 g/mol. The fourth-order valence-corrected chi connectivity index (χ4v) is 3.50. The number of allylic oxidation sites excluding steroid dienone is 1. The summed E-state index contributed by atoms with van der Waals surface area (Å²) in [6.45, 7) is 2.06. The molecule has 4 rings (SSSR count). The Hall–Kier alpha value is -3.14. The summed E-state index contributed by atoms with van der Waals surface area (Å²) < 4.78 is 6.06. The second-order valence-corrected chi connectivity index (χ2v) is 6.63. The lowest BCUT2D eigenvalue weighted by atomic mass is 9.89. The highest BCUT2D eigenvalue weighted by molar-refractivity contribution is 5.93. The molecule has 0 spiro atoms. The number of rotatable bonds is 2. The van der Waals surface area contributed by atoms with E-state index in [4.69, 9.17) is 9.52 Å². The van der Waals surface area contributed by atoms with Gasteiger partial charge in [-0.3, -0.25) is 4.79 Å². The Morgan fingerprint density at radius 3 is 2.73 bits per heavy atom. The SMILES string of the molecule is Cc1ccccc1C=C1CCCc2c1oc1ccc(C(=O)O)cc1c2=O. The van der Waals surface area contributed by atoms with E-state index >= 15 is 0 Å². The third-order valence-electron chi connectivity index (χ3n) is 4.91. The van der Waals surface area contributed by atoms with Gasteiger partial charge in [-0.1, -0.05) is 24.3 Å². The van der Waals surface area contributed by atoms with Crippen molar-refractivity contribution in [3.63, 3.8) is 0 Å². The molecule has 130 valence electrons. The molecule has 1 aliphatic rings. The zero-order valence-corrected chi connectivity index (χ0v) is 14.4. The highest BCUT2D eigenvalue weighted by Gasteiger charge is 2.22. The van der Waals surface area contributed by atoms with Crippen LogP contribution in [0.4, 0.5) is 0 Å². The first kappa shape index (κ1) is 16.3. The van der Waals surface area contributed by atoms with Crippen LogP contribution in [0.25, 0.3) is 22.6 Å². The van der Waals surface area contributed by atoms with Crippen LogP contribution in [0.1, 0.15) is 45.7 Å². The largest absolute Gasteiger partial charge is 0.478 e. The summed E-state index contributed by atoms with van der Waals surface area (Å²) in [6, 6.07) is 12.5. The molecule has 0 amide bonds. The zero-order valence-electron chi connectivity index (χ0n) is 14.4. The lowest BCUT2D eigenvalue weighted by Crippen LogP contribution is -2.16. The Balaban J connectivity index is 1.93. The molecule has 0 saturated heterocycles. The van der Waals surface area contributed by atoms with Crippen molar-refractivity contribution in [3.8, 4) is 0 Å². The number of carboxylic acids is 1. The molecular formula is C22H18O4. The number of carboxylic acid groups (broad SMARTS) is 1. The van der Waals surface area contributed by atoms with E-state index in [9.17, 15) is 9.59 Å². The molecule has 0 unspecified atom stereocenters. The fourth-order valence-electron chi connectivity index (χ4n) is 3.50. The number of fused-ring (bicyclic) bond motifs is 2. The highest BCUT2D eigenvalue weighted by atomic mass is 16.4. The number of aryl methyl sites for hydroxylation is 1. The van der Waals surface area contributed by atoms with Gasteiger partial charge in [-0.05, 0) is 67.2 Å². The minimum atomic E-state index is -1.05. The predicted octanol–water partition coefficient (Wildman–Crippen LogP) is 4.68. The first-order valence-electron chi connectivity index (χ1n) is 8.64. The zero-order chi connectivity index (χ0) is 18.3. The van der Waals surface area contributed by atoms with Crippen molar-refractivity contribution >= 4 is 28.6 Å². The topological polar surface area (TPSA) is 67.5 Å². The van der Waals surface area contributed by atoms with Crippen LogP contribution in [-0.4, -0.2) is 11.1 Å². The lowest BCUT2D eigenvalue weighted by Gasteiger charge is -2.18. The van der Waals surface area contributed by atoms with Crippen molar-refractivity contribution in [1.29, 1.82) is 0 Å². The fraction of sp³-hybridized carbons (Fsp3) is 0.182. The molecule has 26 heavy (non-hydrogen) atoms. The van der Waals surface area contributed by atoms with Gasteiger partial charge in [0.05, 0.1) is 10.9 Å². The number of carbonyl (C=O) groups is 1. The third-order valence-corrected chi connectivity index (χ3v) is 4.91. The van der Waals surface area contributed by atoms with Gasteiger partial charge in [0.2, 0.25) is 0 Å². The Labute approximate surface area is 150 Å². The molecule has 2 aromatic carbocycles. The summed E-state index contributed by atoms with van der Waals surface area (Å²) in [4.78, 5) is 24.1. The van der Waals surface area contributed by atoms with Crippen LogP contribution in [0.3, 0.4) is 0 Å². The molecule has 4 nitrogen and oxygen atoms in total. The second kappa shape index (κ2) is 6.30. The van der Waals surface area contributed by atoms with Gasteiger partial charge in [0.25, 0.3) is 0 Å². The van der Waals surface area contributed by atoms with Gasteiger partial charge >= 0.3 is 5.97 Å². The van der Waals surface area contributed by atoms with Crippen LogP contribution in [0, 0.1) is 6.92 Å². The Morgan fingerprint density at radius 1 is 1.15 bits per heavy atom. The molecule has 0 bridgehead atoms. The average Bonchev–Trinajstić information content (AvgIpc) is 2.64. The molecule has 0 radical (unpaired) electrons. The number of aromatic carboxylic acids is 1. The Bertz CT molecular complexity index is 1120. The van der Waals surface area contributed by atoms with Crippen molar-refractivity contribution < 1.29 is 14.3 Å². The molecule has 0 atom stereocenters. The normalized spacial score (nSPS) is 15.2. The van der Waals surface area contributed by atoms with E-state index in [-0.39, 0.29) is 11.0 Å². The second-order valence-electron chi connectivity index (χ2n) is 6.63. The average molecular weight is 346 g/mol. The van der Waals surface area contributed by atoms with Crippen LogP contribution in [0.2, 0.25) is 0 Å². The molecule has 1 N–H and O–H groups in total. The standard InChI is InChI=1S/C22H18O4/c1-13-5-2-3-6-14(13)11-15-7-4-8-17-20(23)18-12-16(22(24)25)9-10-19(18)26-21(15)17/h2-3,5-6,9-12H,4,7-8H2,1H3,(H,24,25). The summed E-state index contributed by atoms with van der Waals surface area (Å²) in [5, 5.41) is 9.50. The van der Waals surface area contributed by atoms with Gasteiger partial charge in [-0.25, -0.2) is 4.79 Å². The maximum Gasteiger partial charge on any atom is 0.335 e. The maximum absolute atomic E-state index is 12.9. The summed E-state index contributed by atoms with van der Waals surface area (Å²) in [7, 11) is 0. The van der Waals surface area contributed by atoms with Crippen molar-refractivity contribution in [1.82, 2.24) is 0 Å². The van der Waals surface area contributed by atoms with Crippen LogP contribution < -0.4 is 5.43 Å². The van der Waals surface area contributed by atoms with Crippen molar-refractivity contribution in [2.45, 2.75) is 26.2 Å². The third kappa shape index (κ3) is 2.73. The van der Waals surface area contributed by atoms with Crippen LogP contribution in [-0.2, 0) is 6.42 Å². The van der Waals surface area contributed by atoms with E-state index in [1.165, 1.54) is 17.7 Å². The number of benzene rings is 2.